The molecule has 0 spiro atoms. The van der Waals surface area contributed by atoms with Crippen molar-refractivity contribution in [3.8, 4) is 18.1 Å². The third-order valence-electron chi connectivity index (χ3n) is 2.79. The molecule has 1 aromatic carbocycles. The first-order chi connectivity index (χ1) is 8.40. The predicted octanol–water partition coefficient (Wildman–Crippen LogP) is 1.58. The Morgan fingerprint density at radius 2 is 2.35 bits per heavy atom. The number of ether oxygens (including phenoxy) is 2. The van der Waals surface area contributed by atoms with Gasteiger partial charge in [0.15, 0.2) is 0 Å². The largest absolute Gasteiger partial charge is 0.481 e. The number of para-hydroxylation sites is 1. The molecule has 0 aliphatic carbocycles. The van der Waals surface area contributed by atoms with Crippen LogP contribution in [0.5, 0.6) is 5.75 Å². The highest BCUT2D eigenvalue weighted by molar-refractivity contribution is 5.33. The van der Waals surface area contributed by atoms with E-state index in [0.717, 1.165) is 37.5 Å². The highest BCUT2D eigenvalue weighted by Crippen LogP contribution is 2.18. The number of hydrogen-bond donors (Lipinski definition) is 1. The Balaban J connectivity index is 1.92. The van der Waals surface area contributed by atoms with Gasteiger partial charge in [0.25, 0.3) is 0 Å². The molecule has 3 heteroatoms. The Morgan fingerprint density at radius 1 is 1.47 bits per heavy atom. The van der Waals surface area contributed by atoms with E-state index >= 15 is 0 Å². The van der Waals surface area contributed by atoms with Gasteiger partial charge in [0.05, 0.1) is 6.61 Å². The van der Waals surface area contributed by atoms with Crippen molar-refractivity contribution in [2.24, 2.45) is 0 Å². The number of terminal acetylenes is 1. The normalized spacial score (nSPS) is 18.9. The lowest BCUT2D eigenvalue weighted by atomic mass is 10.2. The third-order valence-corrected chi connectivity index (χ3v) is 2.79. The van der Waals surface area contributed by atoms with Gasteiger partial charge in [-0.2, -0.15) is 0 Å². The van der Waals surface area contributed by atoms with Gasteiger partial charge in [-0.05, 0) is 12.5 Å². The monoisotopic (exact) mass is 231 g/mol. The van der Waals surface area contributed by atoms with Crippen molar-refractivity contribution < 1.29 is 9.47 Å². The van der Waals surface area contributed by atoms with Crippen LogP contribution in [0.3, 0.4) is 0 Å². The van der Waals surface area contributed by atoms with Crippen molar-refractivity contribution in [1.29, 1.82) is 0 Å². The summed E-state index contributed by atoms with van der Waals surface area (Å²) in [5.74, 6) is 3.34. The Labute approximate surface area is 102 Å². The van der Waals surface area contributed by atoms with Crippen LogP contribution in [0.15, 0.2) is 24.3 Å². The lowest BCUT2D eigenvalue weighted by Crippen LogP contribution is -2.28. The van der Waals surface area contributed by atoms with E-state index in [0.29, 0.717) is 12.6 Å². The molecule has 0 bridgehead atoms. The standard InChI is InChI=1S/C14H17NO2/c1-2-8-17-14-6-4-3-5-12(14)10-15-13-7-9-16-11-13/h1,3-6,13,15H,7-11H2. The summed E-state index contributed by atoms with van der Waals surface area (Å²) in [7, 11) is 0. The second-order valence-electron chi connectivity index (χ2n) is 4.04. The van der Waals surface area contributed by atoms with E-state index in [1.165, 1.54) is 0 Å². The highest BCUT2D eigenvalue weighted by atomic mass is 16.5. The summed E-state index contributed by atoms with van der Waals surface area (Å²) in [4.78, 5) is 0. The zero-order valence-corrected chi connectivity index (χ0v) is 9.82. The molecule has 1 N–H and O–H groups in total. The third kappa shape index (κ3) is 3.48. The SMILES string of the molecule is C#CCOc1ccccc1CNC1CCOC1. The molecule has 2 rings (SSSR count). The highest BCUT2D eigenvalue weighted by Gasteiger charge is 2.15. The van der Waals surface area contributed by atoms with Crippen molar-refractivity contribution in [1.82, 2.24) is 5.32 Å². The van der Waals surface area contributed by atoms with Crippen LogP contribution in [0.4, 0.5) is 0 Å². The minimum absolute atomic E-state index is 0.309. The van der Waals surface area contributed by atoms with Crippen LogP contribution < -0.4 is 10.1 Å². The molecule has 1 aliphatic rings. The molecular weight excluding hydrogens is 214 g/mol. The fraction of sp³-hybridized carbons (Fsp3) is 0.429. The van der Waals surface area contributed by atoms with Gasteiger partial charge in [0.1, 0.15) is 12.4 Å². The van der Waals surface area contributed by atoms with Crippen LogP contribution in [0.1, 0.15) is 12.0 Å². The van der Waals surface area contributed by atoms with Gasteiger partial charge >= 0.3 is 0 Å². The Kier molecular flexibility index (Phi) is 4.43. The van der Waals surface area contributed by atoms with E-state index in [-0.39, 0.29) is 0 Å². The summed E-state index contributed by atoms with van der Waals surface area (Å²) in [5.41, 5.74) is 1.13. The van der Waals surface area contributed by atoms with E-state index < -0.39 is 0 Å². The van der Waals surface area contributed by atoms with Gasteiger partial charge in [-0.25, -0.2) is 0 Å². The second-order valence-corrected chi connectivity index (χ2v) is 4.04. The molecule has 17 heavy (non-hydrogen) atoms. The Morgan fingerprint density at radius 3 is 3.12 bits per heavy atom. The Bertz CT molecular complexity index is 391. The minimum Gasteiger partial charge on any atom is -0.481 e. The first kappa shape index (κ1) is 12.0. The quantitative estimate of drug-likeness (QED) is 0.780. The molecule has 0 aromatic heterocycles. The van der Waals surface area contributed by atoms with Crippen LogP contribution in [0.25, 0.3) is 0 Å². The molecule has 1 saturated heterocycles. The maximum atomic E-state index is 5.49. The van der Waals surface area contributed by atoms with Crippen LogP contribution in [0, 0.1) is 12.3 Å². The maximum absolute atomic E-state index is 5.49. The van der Waals surface area contributed by atoms with Crippen molar-refractivity contribution in [2.45, 2.75) is 19.0 Å². The number of rotatable bonds is 5. The summed E-state index contributed by atoms with van der Waals surface area (Å²) in [6.07, 6.45) is 6.27. The number of nitrogens with one attached hydrogen (secondary N) is 1. The van der Waals surface area contributed by atoms with Crippen molar-refractivity contribution in [3.63, 3.8) is 0 Å². The summed E-state index contributed by atoms with van der Waals surface area (Å²) in [5, 5.41) is 3.46. The minimum atomic E-state index is 0.309. The average molecular weight is 231 g/mol. The summed E-state index contributed by atoms with van der Waals surface area (Å²) >= 11 is 0. The summed E-state index contributed by atoms with van der Waals surface area (Å²) in [6, 6.07) is 8.41. The fourth-order valence-corrected chi connectivity index (χ4v) is 1.86. The van der Waals surface area contributed by atoms with Gasteiger partial charge in [-0.3, -0.25) is 0 Å². The first-order valence-corrected chi connectivity index (χ1v) is 5.85. The molecule has 3 nitrogen and oxygen atoms in total. The maximum Gasteiger partial charge on any atom is 0.148 e. The van der Waals surface area contributed by atoms with E-state index in [4.69, 9.17) is 15.9 Å². The topological polar surface area (TPSA) is 30.5 Å². The van der Waals surface area contributed by atoms with Crippen molar-refractivity contribution in [2.75, 3.05) is 19.8 Å². The summed E-state index contributed by atoms with van der Waals surface area (Å²) < 4.78 is 10.8. The van der Waals surface area contributed by atoms with Crippen LogP contribution in [-0.4, -0.2) is 25.9 Å². The fourth-order valence-electron chi connectivity index (χ4n) is 1.86. The van der Waals surface area contributed by atoms with Crippen LogP contribution in [0.2, 0.25) is 0 Å². The van der Waals surface area contributed by atoms with Gasteiger partial charge in [-0.1, -0.05) is 24.1 Å². The first-order valence-electron chi connectivity index (χ1n) is 5.85. The summed E-state index contributed by atoms with van der Waals surface area (Å²) in [6.45, 7) is 2.75. The van der Waals surface area contributed by atoms with Crippen molar-refractivity contribution >= 4 is 0 Å². The van der Waals surface area contributed by atoms with E-state index in [1.807, 2.05) is 18.2 Å². The number of benzene rings is 1. The van der Waals surface area contributed by atoms with E-state index in [1.54, 1.807) is 0 Å². The molecule has 0 amide bonds. The number of hydrogen-bond acceptors (Lipinski definition) is 3. The molecule has 1 atom stereocenters. The lowest BCUT2D eigenvalue weighted by molar-refractivity contribution is 0.189. The predicted molar refractivity (Wildman–Crippen MR) is 66.8 cm³/mol. The van der Waals surface area contributed by atoms with Crippen molar-refractivity contribution in [3.05, 3.63) is 29.8 Å². The molecule has 0 radical (unpaired) electrons. The van der Waals surface area contributed by atoms with Gasteiger partial charge in [-0.15, -0.1) is 6.42 Å². The molecule has 1 aromatic rings. The molecular formula is C14H17NO2. The van der Waals surface area contributed by atoms with E-state index in [2.05, 4.69) is 17.3 Å². The van der Waals surface area contributed by atoms with Gasteiger partial charge in [0.2, 0.25) is 0 Å². The molecule has 1 unspecified atom stereocenters. The zero-order valence-electron chi connectivity index (χ0n) is 9.82. The van der Waals surface area contributed by atoms with Crippen LogP contribution in [-0.2, 0) is 11.3 Å². The van der Waals surface area contributed by atoms with E-state index in [9.17, 15) is 0 Å². The smallest absolute Gasteiger partial charge is 0.148 e. The Hall–Kier alpha value is -1.50. The van der Waals surface area contributed by atoms with Gasteiger partial charge in [0, 0.05) is 24.8 Å². The molecule has 1 aliphatic heterocycles. The lowest BCUT2D eigenvalue weighted by Gasteiger charge is -2.13. The molecule has 90 valence electrons. The zero-order chi connectivity index (χ0) is 11.9. The molecule has 0 saturated carbocycles. The van der Waals surface area contributed by atoms with Crippen LogP contribution >= 0.6 is 0 Å². The average Bonchev–Trinajstić information content (AvgIpc) is 2.88. The molecule has 1 heterocycles. The molecule has 1 fully saturated rings. The second kappa shape index (κ2) is 6.29. The van der Waals surface area contributed by atoms with Gasteiger partial charge < -0.3 is 14.8 Å².